The minimum atomic E-state index is 0.476. The van der Waals surface area contributed by atoms with E-state index in [0.29, 0.717) is 17.5 Å². The van der Waals surface area contributed by atoms with Crippen molar-refractivity contribution in [2.75, 3.05) is 6.61 Å². The number of halogens is 1. The van der Waals surface area contributed by atoms with Gasteiger partial charge in [0.05, 0.1) is 5.02 Å². The second kappa shape index (κ2) is 7.35. The van der Waals surface area contributed by atoms with Gasteiger partial charge in [-0.2, -0.15) is 0 Å². The van der Waals surface area contributed by atoms with Crippen molar-refractivity contribution in [3.8, 4) is 5.75 Å². The fraction of sp³-hybridized carbons (Fsp3) is 0.333. The van der Waals surface area contributed by atoms with Crippen molar-refractivity contribution < 1.29 is 4.74 Å². The first-order valence-corrected chi connectivity index (χ1v) is 7.49. The molecule has 2 rings (SSSR count). The van der Waals surface area contributed by atoms with Gasteiger partial charge in [0.1, 0.15) is 12.4 Å². The highest BCUT2D eigenvalue weighted by atomic mass is 35.5. The van der Waals surface area contributed by atoms with Crippen molar-refractivity contribution >= 4 is 11.6 Å². The molecule has 0 radical (unpaired) electrons. The summed E-state index contributed by atoms with van der Waals surface area (Å²) < 4.78 is 5.83. The van der Waals surface area contributed by atoms with E-state index in [9.17, 15) is 0 Å². The highest BCUT2D eigenvalue weighted by Gasteiger charge is 2.06. The van der Waals surface area contributed by atoms with Gasteiger partial charge in [-0.1, -0.05) is 61.9 Å². The fourth-order valence-electron chi connectivity index (χ4n) is 2.05. The monoisotopic (exact) mass is 288 g/mol. The van der Waals surface area contributed by atoms with Gasteiger partial charge < -0.3 is 4.74 Å². The standard InChI is InChI=1S/C18H21ClO/c1-14(2)16-10-11-18(17(19)12-16)20-13-15-8-6-4-3-5-7-9-15/h3-4,6,8-12,14H,5,7,13H2,1-2H3/b4-3+,8-6?,15-9?. The lowest BCUT2D eigenvalue weighted by atomic mass is 10.0. The second-order valence-electron chi connectivity index (χ2n) is 5.28. The van der Waals surface area contributed by atoms with Crippen LogP contribution in [-0.2, 0) is 0 Å². The average molecular weight is 289 g/mol. The van der Waals surface area contributed by atoms with E-state index in [0.717, 1.165) is 18.6 Å². The smallest absolute Gasteiger partial charge is 0.138 e. The zero-order chi connectivity index (χ0) is 14.4. The van der Waals surface area contributed by atoms with E-state index in [2.05, 4.69) is 50.3 Å². The van der Waals surface area contributed by atoms with Gasteiger partial charge >= 0.3 is 0 Å². The highest BCUT2D eigenvalue weighted by Crippen LogP contribution is 2.28. The van der Waals surface area contributed by atoms with Gasteiger partial charge in [0.2, 0.25) is 0 Å². The molecule has 1 aliphatic rings. The van der Waals surface area contributed by atoms with Crippen LogP contribution in [0.4, 0.5) is 0 Å². The van der Waals surface area contributed by atoms with Crippen LogP contribution in [0.15, 0.2) is 54.2 Å². The molecule has 0 saturated heterocycles. The van der Waals surface area contributed by atoms with Crippen LogP contribution in [0.1, 0.15) is 38.2 Å². The van der Waals surface area contributed by atoms with Crippen molar-refractivity contribution in [1.29, 1.82) is 0 Å². The highest BCUT2D eigenvalue weighted by molar-refractivity contribution is 6.32. The molecule has 0 aliphatic heterocycles. The van der Waals surface area contributed by atoms with Crippen LogP contribution >= 0.6 is 11.6 Å². The van der Waals surface area contributed by atoms with E-state index in [1.165, 1.54) is 11.1 Å². The van der Waals surface area contributed by atoms with E-state index < -0.39 is 0 Å². The predicted octanol–water partition coefficient (Wildman–Crippen LogP) is 5.67. The minimum Gasteiger partial charge on any atom is -0.487 e. The Kier molecular flexibility index (Phi) is 5.49. The molecule has 1 aromatic carbocycles. The molecule has 1 nitrogen and oxygen atoms in total. The SMILES string of the molecule is CC(C)c1ccc(OCC2=CCC/C=C/C=C2)c(Cl)c1. The van der Waals surface area contributed by atoms with Crippen LogP contribution in [-0.4, -0.2) is 6.61 Å². The summed E-state index contributed by atoms with van der Waals surface area (Å²) in [5.41, 5.74) is 2.43. The lowest BCUT2D eigenvalue weighted by molar-refractivity contribution is 0.355. The van der Waals surface area contributed by atoms with Gasteiger partial charge in [-0.05, 0) is 42.0 Å². The molecule has 1 aliphatic carbocycles. The first-order valence-electron chi connectivity index (χ1n) is 7.11. The predicted molar refractivity (Wildman–Crippen MR) is 86.6 cm³/mol. The van der Waals surface area contributed by atoms with Crippen LogP contribution < -0.4 is 4.74 Å². The van der Waals surface area contributed by atoms with Gasteiger partial charge in [0.15, 0.2) is 0 Å². The molecular weight excluding hydrogens is 268 g/mol. The zero-order valence-corrected chi connectivity index (χ0v) is 12.9. The molecule has 0 N–H and O–H groups in total. The van der Waals surface area contributed by atoms with Gasteiger partial charge in [-0.15, -0.1) is 0 Å². The van der Waals surface area contributed by atoms with E-state index >= 15 is 0 Å². The van der Waals surface area contributed by atoms with Crippen molar-refractivity contribution in [2.24, 2.45) is 0 Å². The van der Waals surface area contributed by atoms with Crippen LogP contribution in [0.3, 0.4) is 0 Å². The number of benzene rings is 1. The molecule has 1 aromatic rings. The number of rotatable bonds is 4. The molecule has 0 amide bonds. The first-order chi connectivity index (χ1) is 9.66. The number of hydrogen-bond donors (Lipinski definition) is 0. The molecule has 106 valence electrons. The third-order valence-electron chi connectivity index (χ3n) is 3.31. The Hall–Kier alpha value is -1.47. The quantitative estimate of drug-likeness (QED) is 0.693. The maximum Gasteiger partial charge on any atom is 0.138 e. The molecule has 0 saturated carbocycles. The van der Waals surface area contributed by atoms with E-state index in [4.69, 9.17) is 16.3 Å². The lowest BCUT2D eigenvalue weighted by Gasteiger charge is -2.12. The number of ether oxygens (including phenoxy) is 1. The Morgan fingerprint density at radius 1 is 1.20 bits per heavy atom. The maximum atomic E-state index is 6.28. The van der Waals surface area contributed by atoms with Crippen LogP contribution in [0.2, 0.25) is 5.02 Å². The van der Waals surface area contributed by atoms with Crippen LogP contribution in [0, 0.1) is 0 Å². The van der Waals surface area contributed by atoms with E-state index in [1.807, 2.05) is 12.1 Å². The zero-order valence-electron chi connectivity index (χ0n) is 12.1. The molecule has 2 heteroatoms. The topological polar surface area (TPSA) is 9.23 Å². The molecule has 0 spiro atoms. The van der Waals surface area contributed by atoms with Gasteiger partial charge in [0.25, 0.3) is 0 Å². The summed E-state index contributed by atoms with van der Waals surface area (Å²) in [6.07, 6.45) is 12.8. The normalized spacial score (nSPS) is 16.5. The fourth-order valence-corrected chi connectivity index (χ4v) is 2.29. The summed E-state index contributed by atoms with van der Waals surface area (Å²) in [7, 11) is 0. The van der Waals surface area contributed by atoms with Crippen LogP contribution in [0.5, 0.6) is 5.75 Å². The van der Waals surface area contributed by atoms with Gasteiger partial charge in [-0.25, -0.2) is 0 Å². The van der Waals surface area contributed by atoms with Gasteiger partial charge in [-0.3, -0.25) is 0 Å². The largest absolute Gasteiger partial charge is 0.487 e. The Morgan fingerprint density at radius 3 is 2.80 bits per heavy atom. The van der Waals surface area contributed by atoms with Crippen molar-refractivity contribution in [2.45, 2.75) is 32.6 Å². The van der Waals surface area contributed by atoms with E-state index in [1.54, 1.807) is 0 Å². The summed E-state index contributed by atoms with van der Waals surface area (Å²) in [4.78, 5) is 0. The molecule has 0 unspecified atom stereocenters. The summed E-state index contributed by atoms with van der Waals surface area (Å²) >= 11 is 6.28. The number of allylic oxidation sites excluding steroid dienone is 4. The Balaban J connectivity index is 2.02. The van der Waals surface area contributed by atoms with Crippen molar-refractivity contribution in [3.05, 3.63) is 64.7 Å². The molecule has 0 bridgehead atoms. The molecule has 0 atom stereocenters. The van der Waals surface area contributed by atoms with Crippen LogP contribution in [0.25, 0.3) is 0 Å². The summed E-state index contributed by atoms with van der Waals surface area (Å²) in [6, 6.07) is 6.04. The average Bonchev–Trinajstić information content (AvgIpc) is 2.38. The van der Waals surface area contributed by atoms with Gasteiger partial charge in [0, 0.05) is 0 Å². The summed E-state index contributed by atoms with van der Waals surface area (Å²) in [5, 5.41) is 0.687. The first kappa shape index (κ1) is 14.9. The minimum absolute atomic E-state index is 0.476. The third-order valence-corrected chi connectivity index (χ3v) is 3.61. The van der Waals surface area contributed by atoms with E-state index in [-0.39, 0.29) is 0 Å². The maximum absolute atomic E-state index is 6.28. The molecular formula is C18H21ClO. The molecule has 0 aromatic heterocycles. The molecule has 20 heavy (non-hydrogen) atoms. The Labute approximate surface area is 126 Å². The molecule has 0 heterocycles. The van der Waals surface area contributed by atoms with Crippen molar-refractivity contribution in [1.82, 2.24) is 0 Å². The summed E-state index contributed by atoms with van der Waals surface area (Å²) in [6.45, 7) is 4.87. The summed E-state index contributed by atoms with van der Waals surface area (Å²) in [5.74, 6) is 1.23. The lowest BCUT2D eigenvalue weighted by Crippen LogP contribution is -2.01. The Morgan fingerprint density at radius 2 is 2.05 bits per heavy atom. The third kappa shape index (κ3) is 4.28. The Bertz CT molecular complexity index is 538. The second-order valence-corrected chi connectivity index (χ2v) is 5.68. The van der Waals surface area contributed by atoms with Crippen molar-refractivity contribution in [3.63, 3.8) is 0 Å². The number of hydrogen-bond acceptors (Lipinski definition) is 1. The molecule has 0 fully saturated rings.